The molecule has 0 radical (unpaired) electrons. The van der Waals surface area contributed by atoms with Gasteiger partial charge in [0.05, 0.1) is 0 Å². The van der Waals surface area contributed by atoms with Crippen LogP contribution in [0.4, 0.5) is 0 Å². The van der Waals surface area contributed by atoms with Gasteiger partial charge in [-0.25, -0.2) is 0 Å². The second kappa shape index (κ2) is 7.70. The van der Waals surface area contributed by atoms with Gasteiger partial charge in [0, 0.05) is 6.04 Å². The Hall–Kier alpha value is -0.570. The van der Waals surface area contributed by atoms with E-state index in [0.717, 1.165) is 12.8 Å². The highest BCUT2D eigenvalue weighted by molar-refractivity contribution is 5.78. The number of carboxylic acids is 1. The van der Waals surface area contributed by atoms with Gasteiger partial charge in [0.25, 0.3) is 0 Å². The first-order valence-corrected chi connectivity index (χ1v) is 6.84. The van der Waals surface area contributed by atoms with Gasteiger partial charge in [-0.15, -0.1) is 0 Å². The van der Waals surface area contributed by atoms with E-state index in [1.165, 1.54) is 12.8 Å². The van der Waals surface area contributed by atoms with E-state index in [9.17, 15) is 9.90 Å². The van der Waals surface area contributed by atoms with Gasteiger partial charge in [0.2, 0.25) is 0 Å². The molecule has 3 nitrogen and oxygen atoms in total. The molecule has 0 fully saturated rings. The van der Waals surface area contributed by atoms with E-state index in [-0.39, 0.29) is 6.04 Å². The summed E-state index contributed by atoms with van der Waals surface area (Å²) in [5, 5.41) is 12.6. The lowest BCUT2D eigenvalue weighted by Crippen LogP contribution is -2.54. The van der Waals surface area contributed by atoms with Gasteiger partial charge in [-0.2, -0.15) is 0 Å². The normalized spacial score (nSPS) is 16.8. The van der Waals surface area contributed by atoms with Gasteiger partial charge >= 0.3 is 5.97 Å². The number of hydrogen-bond donors (Lipinski definition) is 2. The van der Waals surface area contributed by atoms with Gasteiger partial charge in [0.1, 0.15) is 5.54 Å². The van der Waals surface area contributed by atoms with Crippen LogP contribution >= 0.6 is 0 Å². The summed E-state index contributed by atoms with van der Waals surface area (Å²) in [6, 6.07) is 0.224. The minimum absolute atomic E-state index is 0.224. The number of hydrogen-bond acceptors (Lipinski definition) is 2. The monoisotopic (exact) mass is 243 g/mol. The van der Waals surface area contributed by atoms with Crippen LogP contribution < -0.4 is 5.32 Å². The van der Waals surface area contributed by atoms with Crippen LogP contribution in [0.2, 0.25) is 0 Å². The van der Waals surface area contributed by atoms with Crippen molar-refractivity contribution in [3.05, 3.63) is 0 Å². The van der Waals surface area contributed by atoms with Gasteiger partial charge in [-0.05, 0) is 26.2 Å². The quantitative estimate of drug-likeness (QED) is 0.610. The molecular formula is C14H29NO2. The maximum absolute atomic E-state index is 11.4. The molecule has 0 spiro atoms. The Balaban J connectivity index is 4.31. The molecule has 0 amide bonds. The van der Waals surface area contributed by atoms with Crippen molar-refractivity contribution in [3.8, 4) is 0 Å². The summed E-state index contributed by atoms with van der Waals surface area (Å²) in [5.74, 6) is -0.286. The lowest BCUT2D eigenvalue weighted by molar-refractivity contribution is -0.145. The molecule has 2 unspecified atom stereocenters. The molecule has 0 bridgehead atoms. The molecule has 102 valence electrons. The highest BCUT2D eigenvalue weighted by Gasteiger charge is 2.33. The van der Waals surface area contributed by atoms with Crippen molar-refractivity contribution >= 4 is 5.97 Å². The van der Waals surface area contributed by atoms with E-state index in [1.54, 1.807) is 6.92 Å². The minimum atomic E-state index is -0.780. The van der Waals surface area contributed by atoms with Crippen molar-refractivity contribution in [2.75, 3.05) is 0 Å². The third-order valence-corrected chi connectivity index (χ3v) is 3.55. The van der Waals surface area contributed by atoms with Crippen LogP contribution in [0.15, 0.2) is 0 Å². The number of carboxylic acid groups (broad SMARTS) is 1. The Labute approximate surface area is 106 Å². The molecule has 3 heteroatoms. The molecule has 0 aromatic heterocycles. The molecule has 0 aliphatic rings. The van der Waals surface area contributed by atoms with Crippen molar-refractivity contribution in [2.24, 2.45) is 5.92 Å². The zero-order valence-electron chi connectivity index (χ0n) is 12.0. The molecule has 2 atom stereocenters. The third-order valence-electron chi connectivity index (χ3n) is 3.55. The van der Waals surface area contributed by atoms with E-state index < -0.39 is 11.5 Å². The molecule has 2 N–H and O–H groups in total. The maximum Gasteiger partial charge on any atom is 0.323 e. The lowest BCUT2D eigenvalue weighted by Gasteiger charge is -2.32. The van der Waals surface area contributed by atoms with E-state index >= 15 is 0 Å². The van der Waals surface area contributed by atoms with Crippen LogP contribution in [0, 0.1) is 5.92 Å². The average molecular weight is 243 g/mol. The van der Waals surface area contributed by atoms with Crippen LogP contribution in [0.5, 0.6) is 0 Å². The van der Waals surface area contributed by atoms with Crippen LogP contribution in [-0.4, -0.2) is 22.7 Å². The van der Waals surface area contributed by atoms with Crippen LogP contribution in [0.25, 0.3) is 0 Å². The molecule has 17 heavy (non-hydrogen) atoms. The van der Waals surface area contributed by atoms with Gasteiger partial charge < -0.3 is 5.11 Å². The van der Waals surface area contributed by atoms with E-state index in [0.29, 0.717) is 12.3 Å². The highest BCUT2D eigenvalue weighted by atomic mass is 16.4. The third kappa shape index (κ3) is 6.06. The summed E-state index contributed by atoms with van der Waals surface area (Å²) in [5.41, 5.74) is -0.780. The van der Waals surface area contributed by atoms with Gasteiger partial charge in [-0.3, -0.25) is 10.1 Å². The molecule has 0 aromatic rings. The average Bonchev–Trinajstić information content (AvgIpc) is 2.24. The van der Waals surface area contributed by atoms with Crippen molar-refractivity contribution in [3.63, 3.8) is 0 Å². The Bertz CT molecular complexity index is 228. The molecule has 0 heterocycles. The molecule has 0 aromatic carbocycles. The van der Waals surface area contributed by atoms with E-state index in [4.69, 9.17) is 0 Å². The minimum Gasteiger partial charge on any atom is -0.480 e. The second-order valence-electron chi connectivity index (χ2n) is 5.62. The largest absolute Gasteiger partial charge is 0.480 e. The molecule has 0 saturated carbocycles. The fourth-order valence-electron chi connectivity index (χ4n) is 1.82. The van der Waals surface area contributed by atoms with Gasteiger partial charge in [0.15, 0.2) is 0 Å². The van der Waals surface area contributed by atoms with Crippen molar-refractivity contribution < 1.29 is 9.90 Å². The smallest absolute Gasteiger partial charge is 0.323 e. The predicted octanol–water partition coefficient (Wildman–Crippen LogP) is 3.43. The van der Waals surface area contributed by atoms with Crippen molar-refractivity contribution in [1.29, 1.82) is 0 Å². The molecule has 0 aliphatic heterocycles. The fourth-order valence-corrected chi connectivity index (χ4v) is 1.82. The summed E-state index contributed by atoms with van der Waals surface area (Å²) in [7, 11) is 0. The van der Waals surface area contributed by atoms with Crippen molar-refractivity contribution in [1.82, 2.24) is 5.32 Å². The van der Waals surface area contributed by atoms with E-state index in [2.05, 4.69) is 33.0 Å². The Kier molecular flexibility index (Phi) is 7.44. The first-order valence-electron chi connectivity index (χ1n) is 6.84. The lowest BCUT2D eigenvalue weighted by atomic mass is 9.91. The Morgan fingerprint density at radius 1 is 1.24 bits per heavy atom. The van der Waals surface area contributed by atoms with E-state index in [1.807, 2.05) is 0 Å². The zero-order valence-corrected chi connectivity index (χ0v) is 12.0. The van der Waals surface area contributed by atoms with Crippen LogP contribution in [-0.2, 0) is 4.79 Å². The number of nitrogens with one attached hydrogen (secondary N) is 1. The zero-order chi connectivity index (χ0) is 13.5. The second-order valence-corrected chi connectivity index (χ2v) is 5.62. The summed E-state index contributed by atoms with van der Waals surface area (Å²) in [6.45, 7) is 10.2. The molecular weight excluding hydrogens is 214 g/mol. The summed E-state index contributed by atoms with van der Waals surface area (Å²) in [4.78, 5) is 11.4. The Morgan fingerprint density at radius 2 is 1.82 bits per heavy atom. The Morgan fingerprint density at radius 3 is 2.24 bits per heavy atom. The van der Waals surface area contributed by atoms with Gasteiger partial charge in [-0.1, -0.05) is 46.5 Å². The number of unbranched alkanes of at least 4 members (excludes halogenated alkanes) is 3. The number of aliphatic carboxylic acids is 1. The number of carbonyl (C=O) groups is 1. The van der Waals surface area contributed by atoms with Crippen LogP contribution in [0.3, 0.4) is 0 Å². The standard InChI is InChI=1S/C14H29NO2/c1-6-7-8-9-10-14(5,13(16)17)15-12(4)11(2)3/h11-12,15H,6-10H2,1-5H3,(H,16,17). The summed E-state index contributed by atoms with van der Waals surface area (Å²) < 4.78 is 0. The fraction of sp³-hybridized carbons (Fsp3) is 0.929. The van der Waals surface area contributed by atoms with Crippen LogP contribution in [0.1, 0.15) is 66.7 Å². The van der Waals surface area contributed by atoms with Crippen molar-refractivity contribution in [2.45, 2.75) is 78.3 Å². The SMILES string of the molecule is CCCCCCC(C)(NC(C)C(C)C)C(=O)O. The molecule has 0 aliphatic carbocycles. The predicted molar refractivity (Wildman–Crippen MR) is 72.2 cm³/mol. The summed E-state index contributed by atoms with van der Waals surface area (Å²) in [6.07, 6.45) is 5.18. The number of rotatable bonds is 9. The summed E-state index contributed by atoms with van der Waals surface area (Å²) >= 11 is 0. The molecule has 0 rings (SSSR count). The first-order chi connectivity index (χ1) is 7.83. The molecule has 0 saturated heterocycles. The first kappa shape index (κ1) is 16.4. The maximum atomic E-state index is 11.4. The topological polar surface area (TPSA) is 49.3 Å². The highest BCUT2D eigenvalue weighted by Crippen LogP contribution is 2.18.